The smallest absolute Gasteiger partial charge is 0.203 e. The molecule has 0 spiro atoms. The van der Waals surface area contributed by atoms with Gasteiger partial charge in [-0.05, 0) is 25.0 Å². The Kier molecular flexibility index (Phi) is 3.90. The molecule has 0 bridgehead atoms. The molecule has 0 aliphatic carbocycles. The first-order valence-electron chi connectivity index (χ1n) is 6.54. The van der Waals surface area contributed by atoms with Gasteiger partial charge in [0.15, 0.2) is 0 Å². The van der Waals surface area contributed by atoms with Crippen molar-refractivity contribution in [1.29, 1.82) is 0 Å². The zero-order chi connectivity index (χ0) is 14.0. The highest BCUT2D eigenvalue weighted by atomic mass is 32.1. The minimum atomic E-state index is 0.00231. The van der Waals surface area contributed by atoms with Gasteiger partial charge < -0.3 is 5.32 Å². The molecule has 19 heavy (non-hydrogen) atoms. The lowest BCUT2D eigenvalue weighted by atomic mass is 9.96. The van der Waals surface area contributed by atoms with E-state index < -0.39 is 0 Å². The largest absolute Gasteiger partial charge is 0.354 e. The summed E-state index contributed by atoms with van der Waals surface area (Å²) in [5.74, 6) is 0.900. The summed E-state index contributed by atoms with van der Waals surface area (Å²) in [5, 5.41) is 4.33. The molecule has 0 radical (unpaired) electrons. The minimum absolute atomic E-state index is 0.00231. The number of aromatic nitrogens is 2. The summed E-state index contributed by atoms with van der Waals surface area (Å²) in [6.07, 6.45) is 0. The standard InChI is InChI=1S/C15H21N3S/c1-10-8-6-7-9-12(10)11(2)16-14-17-13(18-19-14)15(3,4)5/h6-9,11H,1-5H3,(H,16,17,18). The monoisotopic (exact) mass is 275 g/mol. The highest BCUT2D eigenvalue weighted by Crippen LogP contribution is 2.26. The van der Waals surface area contributed by atoms with E-state index >= 15 is 0 Å². The quantitative estimate of drug-likeness (QED) is 0.906. The number of anilines is 1. The molecule has 1 unspecified atom stereocenters. The van der Waals surface area contributed by atoms with Crippen LogP contribution >= 0.6 is 11.5 Å². The van der Waals surface area contributed by atoms with E-state index in [9.17, 15) is 0 Å². The van der Waals surface area contributed by atoms with Crippen LogP contribution < -0.4 is 5.32 Å². The maximum Gasteiger partial charge on any atom is 0.203 e. The summed E-state index contributed by atoms with van der Waals surface area (Å²) >= 11 is 1.43. The molecule has 0 fully saturated rings. The Bertz CT molecular complexity index is 555. The molecule has 0 saturated carbocycles. The van der Waals surface area contributed by atoms with Crippen molar-refractivity contribution < 1.29 is 0 Å². The fourth-order valence-corrected chi connectivity index (χ4v) is 2.77. The van der Waals surface area contributed by atoms with Crippen LogP contribution in [-0.4, -0.2) is 9.36 Å². The van der Waals surface area contributed by atoms with E-state index in [1.165, 1.54) is 22.7 Å². The first kappa shape index (κ1) is 14.0. The number of nitrogens with zero attached hydrogens (tertiary/aromatic N) is 2. The molecule has 102 valence electrons. The van der Waals surface area contributed by atoms with Crippen molar-refractivity contribution in [2.75, 3.05) is 5.32 Å². The molecule has 0 aliphatic rings. The van der Waals surface area contributed by atoms with Gasteiger partial charge in [-0.15, -0.1) is 0 Å². The summed E-state index contributed by atoms with van der Waals surface area (Å²) in [5.41, 5.74) is 2.60. The second-order valence-corrected chi connectivity index (χ2v) is 6.65. The summed E-state index contributed by atoms with van der Waals surface area (Å²) in [6.45, 7) is 10.7. The molecule has 4 heteroatoms. The van der Waals surface area contributed by atoms with Gasteiger partial charge in [-0.25, -0.2) is 4.98 Å². The van der Waals surface area contributed by atoms with E-state index in [4.69, 9.17) is 0 Å². The Balaban J connectivity index is 2.14. The lowest BCUT2D eigenvalue weighted by Crippen LogP contribution is -2.14. The van der Waals surface area contributed by atoms with Gasteiger partial charge in [0.25, 0.3) is 0 Å². The Morgan fingerprint density at radius 1 is 1.21 bits per heavy atom. The predicted molar refractivity (Wildman–Crippen MR) is 81.8 cm³/mol. The maximum absolute atomic E-state index is 4.57. The van der Waals surface area contributed by atoms with Crippen molar-refractivity contribution in [3.8, 4) is 0 Å². The SMILES string of the molecule is Cc1ccccc1C(C)Nc1nc(C(C)(C)C)ns1. The summed E-state index contributed by atoms with van der Waals surface area (Å²) in [7, 11) is 0. The van der Waals surface area contributed by atoms with E-state index in [1.807, 2.05) is 0 Å². The van der Waals surface area contributed by atoms with E-state index in [0.717, 1.165) is 11.0 Å². The molecule has 3 nitrogen and oxygen atoms in total. The van der Waals surface area contributed by atoms with Gasteiger partial charge in [0, 0.05) is 16.9 Å². The first-order valence-corrected chi connectivity index (χ1v) is 7.31. The molecule has 1 aromatic carbocycles. The number of hydrogen-bond acceptors (Lipinski definition) is 4. The lowest BCUT2D eigenvalue weighted by molar-refractivity contribution is 0.555. The van der Waals surface area contributed by atoms with Gasteiger partial charge >= 0.3 is 0 Å². The van der Waals surface area contributed by atoms with Crippen LogP contribution in [0.1, 0.15) is 50.7 Å². The lowest BCUT2D eigenvalue weighted by Gasteiger charge is -2.16. The van der Waals surface area contributed by atoms with Crippen LogP contribution in [-0.2, 0) is 5.41 Å². The Morgan fingerprint density at radius 2 is 1.89 bits per heavy atom. The van der Waals surface area contributed by atoms with Crippen molar-refractivity contribution in [1.82, 2.24) is 9.36 Å². The minimum Gasteiger partial charge on any atom is -0.354 e. The van der Waals surface area contributed by atoms with Crippen LogP contribution in [0.25, 0.3) is 0 Å². The third kappa shape index (κ3) is 3.32. The zero-order valence-corrected chi connectivity index (χ0v) is 13.0. The zero-order valence-electron chi connectivity index (χ0n) is 12.2. The molecule has 0 amide bonds. The van der Waals surface area contributed by atoms with Gasteiger partial charge in [0.05, 0.1) is 6.04 Å². The van der Waals surface area contributed by atoms with E-state index in [-0.39, 0.29) is 11.5 Å². The Hall–Kier alpha value is -1.42. The van der Waals surface area contributed by atoms with Gasteiger partial charge in [-0.1, -0.05) is 45.0 Å². The summed E-state index contributed by atoms with van der Waals surface area (Å²) < 4.78 is 4.42. The molecule has 0 aliphatic heterocycles. The van der Waals surface area contributed by atoms with Crippen LogP contribution in [0, 0.1) is 6.92 Å². The van der Waals surface area contributed by atoms with Gasteiger partial charge in [0.1, 0.15) is 5.82 Å². The Labute approximate surface area is 119 Å². The normalized spacial score (nSPS) is 13.3. The van der Waals surface area contributed by atoms with Crippen LogP contribution in [0.5, 0.6) is 0 Å². The van der Waals surface area contributed by atoms with Gasteiger partial charge in [-0.2, -0.15) is 4.37 Å². The number of hydrogen-bond donors (Lipinski definition) is 1. The molecule has 1 atom stereocenters. The number of nitrogens with one attached hydrogen (secondary N) is 1. The highest BCUT2D eigenvalue weighted by molar-refractivity contribution is 7.09. The summed E-state index contributed by atoms with van der Waals surface area (Å²) in [6, 6.07) is 8.66. The number of aryl methyl sites for hydroxylation is 1. The topological polar surface area (TPSA) is 37.8 Å². The predicted octanol–water partition coefficient (Wildman–Crippen LogP) is 4.32. The van der Waals surface area contributed by atoms with Crippen molar-refractivity contribution in [3.63, 3.8) is 0 Å². The third-order valence-corrected chi connectivity index (χ3v) is 3.74. The van der Waals surface area contributed by atoms with Crippen LogP contribution in [0.4, 0.5) is 5.13 Å². The van der Waals surface area contributed by atoms with Crippen LogP contribution in [0.3, 0.4) is 0 Å². The molecule has 1 aromatic heterocycles. The molecule has 2 aromatic rings. The van der Waals surface area contributed by atoms with E-state index in [0.29, 0.717) is 0 Å². The third-order valence-electron chi connectivity index (χ3n) is 3.09. The van der Waals surface area contributed by atoms with Gasteiger partial charge in [-0.3, -0.25) is 0 Å². The highest BCUT2D eigenvalue weighted by Gasteiger charge is 2.20. The van der Waals surface area contributed by atoms with Crippen LogP contribution in [0.15, 0.2) is 24.3 Å². The number of rotatable bonds is 3. The van der Waals surface area contributed by atoms with Crippen molar-refractivity contribution in [2.45, 2.75) is 46.1 Å². The van der Waals surface area contributed by atoms with Crippen molar-refractivity contribution in [2.24, 2.45) is 0 Å². The number of benzene rings is 1. The fourth-order valence-electron chi connectivity index (χ4n) is 1.92. The Morgan fingerprint density at radius 3 is 2.47 bits per heavy atom. The average Bonchev–Trinajstić information content (AvgIpc) is 2.77. The molecule has 1 N–H and O–H groups in total. The summed E-state index contributed by atoms with van der Waals surface area (Å²) in [4.78, 5) is 4.57. The second-order valence-electron chi connectivity index (χ2n) is 5.90. The van der Waals surface area contributed by atoms with Crippen LogP contribution in [0.2, 0.25) is 0 Å². The molecule has 2 rings (SSSR count). The molecular formula is C15H21N3S. The molecular weight excluding hydrogens is 254 g/mol. The molecule has 1 heterocycles. The molecule has 0 saturated heterocycles. The van der Waals surface area contributed by atoms with Crippen molar-refractivity contribution in [3.05, 3.63) is 41.2 Å². The van der Waals surface area contributed by atoms with E-state index in [2.05, 4.69) is 73.6 Å². The first-order chi connectivity index (χ1) is 8.88. The maximum atomic E-state index is 4.57. The second kappa shape index (κ2) is 5.29. The van der Waals surface area contributed by atoms with Gasteiger partial charge in [0.2, 0.25) is 5.13 Å². The fraction of sp³-hybridized carbons (Fsp3) is 0.467. The average molecular weight is 275 g/mol. The van der Waals surface area contributed by atoms with Crippen molar-refractivity contribution >= 4 is 16.7 Å². The van der Waals surface area contributed by atoms with E-state index in [1.54, 1.807) is 0 Å².